The lowest BCUT2D eigenvalue weighted by molar-refractivity contribution is 0.534. The van der Waals surface area contributed by atoms with E-state index in [0.717, 1.165) is 36.5 Å². The van der Waals surface area contributed by atoms with Crippen molar-refractivity contribution in [3.05, 3.63) is 29.8 Å². The second kappa shape index (κ2) is 4.83. The number of imidazole rings is 1. The third-order valence-electron chi connectivity index (χ3n) is 4.18. The fourth-order valence-corrected chi connectivity index (χ4v) is 3.26. The number of nitrogens with zero attached hydrogens (tertiary/aromatic N) is 5. The molecule has 0 amide bonds. The third kappa shape index (κ3) is 1.90. The number of aromatic amines is 1. The summed E-state index contributed by atoms with van der Waals surface area (Å²) in [6.07, 6.45) is 5.71. The van der Waals surface area contributed by atoms with Gasteiger partial charge < -0.3 is 4.98 Å². The van der Waals surface area contributed by atoms with Gasteiger partial charge in [0.2, 0.25) is 0 Å². The zero-order chi connectivity index (χ0) is 15.3. The third-order valence-corrected chi connectivity index (χ3v) is 4.18. The molecule has 1 aliphatic rings. The largest absolute Gasteiger partial charge is 0.351 e. The standard InChI is InChI=1S/C16H20N6/c1-10(2)22-16-12(15(20-22)13-8-17-9-18-13)5-4-6-21-14(16)7-11(3)19-21/h7-10H,4-6H2,1-3H3,(H,17,18). The Bertz CT molecular complexity index is 806. The minimum Gasteiger partial charge on any atom is -0.351 e. The van der Waals surface area contributed by atoms with Crippen LogP contribution in [0, 0.1) is 6.92 Å². The maximum atomic E-state index is 4.88. The second-order valence-electron chi connectivity index (χ2n) is 6.17. The van der Waals surface area contributed by atoms with Crippen LogP contribution in [-0.2, 0) is 13.0 Å². The number of hydrogen-bond acceptors (Lipinski definition) is 3. The number of fused-ring (bicyclic) bond motifs is 3. The SMILES string of the molecule is Cc1cc2n(n1)CCCc1c(-c3c[nH]cn3)nn(C(C)C)c1-2. The first-order chi connectivity index (χ1) is 10.6. The van der Waals surface area contributed by atoms with Crippen LogP contribution in [0.2, 0.25) is 0 Å². The molecule has 0 atom stereocenters. The molecule has 0 radical (unpaired) electrons. The summed E-state index contributed by atoms with van der Waals surface area (Å²) in [5, 5.41) is 9.51. The van der Waals surface area contributed by atoms with Crippen LogP contribution in [0.25, 0.3) is 22.8 Å². The Morgan fingerprint density at radius 2 is 2.14 bits per heavy atom. The minimum absolute atomic E-state index is 0.295. The smallest absolute Gasteiger partial charge is 0.116 e. The first-order valence-corrected chi connectivity index (χ1v) is 7.80. The Morgan fingerprint density at radius 1 is 1.27 bits per heavy atom. The van der Waals surface area contributed by atoms with Crippen molar-refractivity contribution in [2.24, 2.45) is 0 Å². The van der Waals surface area contributed by atoms with Crippen molar-refractivity contribution in [3.8, 4) is 22.8 Å². The predicted octanol–water partition coefficient (Wildman–Crippen LogP) is 2.97. The van der Waals surface area contributed by atoms with Crippen molar-refractivity contribution in [1.82, 2.24) is 29.5 Å². The van der Waals surface area contributed by atoms with E-state index < -0.39 is 0 Å². The van der Waals surface area contributed by atoms with Crippen molar-refractivity contribution in [2.75, 3.05) is 0 Å². The molecule has 0 spiro atoms. The molecule has 3 aromatic heterocycles. The van der Waals surface area contributed by atoms with Crippen molar-refractivity contribution in [2.45, 2.75) is 46.2 Å². The van der Waals surface area contributed by atoms with Crippen LogP contribution in [0.15, 0.2) is 18.6 Å². The summed E-state index contributed by atoms with van der Waals surface area (Å²) < 4.78 is 4.24. The number of hydrogen-bond donors (Lipinski definition) is 1. The van der Waals surface area contributed by atoms with Gasteiger partial charge in [0.1, 0.15) is 11.4 Å². The van der Waals surface area contributed by atoms with Crippen molar-refractivity contribution < 1.29 is 0 Å². The lowest BCUT2D eigenvalue weighted by atomic mass is 10.0. The molecule has 0 fully saturated rings. The van der Waals surface area contributed by atoms with Gasteiger partial charge >= 0.3 is 0 Å². The zero-order valence-corrected chi connectivity index (χ0v) is 13.2. The number of aryl methyl sites for hydroxylation is 2. The van der Waals surface area contributed by atoms with E-state index >= 15 is 0 Å². The molecule has 1 N–H and O–H groups in total. The molecule has 0 saturated carbocycles. The van der Waals surface area contributed by atoms with Gasteiger partial charge in [0, 0.05) is 24.3 Å². The van der Waals surface area contributed by atoms with Crippen LogP contribution < -0.4 is 0 Å². The molecule has 22 heavy (non-hydrogen) atoms. The van der Waals surface area contributed by atoms with E-state index in [9.17, 15) is 0 Å². The molecule has 0 saturated heterocycles. The van der Waals surface area contributed by atoms with E-state index in [4.69, 9.17) is 5.10 Å². The van der Waals surface area contributed by atoms with Gasteiger partial charge in [-0.1, -0.05) is 0 Å². The Morgan fingerprint density at radius 3 is 2.86 bits per heavy atom. The molecule has 0 unspecified atom stereocenters. The van der Waals surface area contributed by atoms with E-state index in [1.54, 1.807) is 6.33 Å². The fourth-order valence-electron chi connectivity index (χ4n) is 3.26. The topological polar surface area (TPSA) is 64.3 Å². The zero-order valence-electron chi connectivity index (χ0n) is 13.2. The van der Waals surface area contributed by atoms with E-state index in [1.165, 1.54) is 17.0 Å². The molecule has 0 bridgehead atoms. The molecule has 0 aliphatic carbocycles. The number of aromatic nitrogens is 6. The fraction of sp³-hybridized carbons (Fsp3) is 0.438. The molecule has 1 aliphatic heterocycles. The number of rotatable bonds is 2. The maximum Gasteiger partial charge on any atom is 0.116 e. The molecule has 6 nitrogen and oxygen atoms in total. The quantitative estimate of drug-likeness (QED) is 0.790. The van der Waals surface area contributed by atoms with Gasteiger partial charge in [0.15, 0.2) is 0 Å². The van der Waals surface area contributed by atoms with Crippen molar-refractivity contribution in [3.63, 3.8) is 0 Å². The summed E-state index contributed by atoms with van der Waals surface area (Å²) in [7, 11) is 0. The minimum atomic E-state index is 0.295. The highest BCUT2D eigenvalue weighted by molar-refractivity contribution is 5.72. The molecule has 4 heterocycles. The predicted molar refractivity (Wildman–Crippen MR) is 84.5 cm³/mol. The van der Waals surface area contributed by atoms with Gasteiger partial charge in [-0.15, -0.1) is 0 Å². The highest BCUT2D eigenvalue weighted by Gasteiger charge is 2.27. The van der Waals surface area contributed by atoms with Crippen LogP contribution in [0.3, 0.4) is 0 Å². The van der Waals surface area contributed by atoms with Crippen LogP contribution in [-0.4, -0.2) is 29.5 Å². The van der Waals surface area contributed by atoms with Crippen LogP contribution in [0.1, 0.15) is 37.6 Å². The summed E-state index contributed by atoms with van der Waals surface area (Å²) in [6, 6.07) is 2.46. The highest BCUT2D eigenvalue weighted by Crippen LogP contribution is 2.36. The summed E-state index contributed by atoms with van der Waals surface area (Å²) in [4.78, 5) is 7.44. The lowest BCUT2D eigenvalue weighted by Crippen LogP contribution is -2.08. The Balaban J connectivity index is 2.02. The summed E-state index contributed by atoms with van der Waals surface area (Å²) in [5.41, 5.74) is 6.64. The van der Waals surface area contributed by atoms with Crippen molar-refractivity contribution in [1.29, 1.82) is 0 Å². The molecular weight excluding hydrogens is 276 g/mol. The number of H-pyrrole nitrogens is 1. The normalized spacial score (nSPS) is 14.0. The second-order valence-corrected chi connectivity index (χ2v) is 6.17. The first kappa shape index (κ1) is 13.3. The monoisotopic (exact) mass is 296 g/mol. The van der Waals surface area contributed by atoms with Gasteiger partial charge in [-0.05, 0) is 39.7 Å². The van der Waals surface area contributed by atoms with Gasteiger partial charge in [-0.3, -0.25) is 9.36 Å². The molecular formula is C16H20N6. The summed E-state index contributed by atoms with van der Waals surface area (Å²) >= 11 is 0. The van der Waals surface area contributed by atoms with E-state index in [0.29, 0.717) is 6.04 Å². The lowest BCUT2D eigenvalue weighted by Gasteiger charge is -2.11. The van der Waals surface area contributed by atoms with Gasteiger partial charge in [0.25, 0.3) is 0 Å². The Hall–Kier alpha value is -2.37. The summed E-state index contributed by atoms with van der Waals surface area (Å²) in [5.74, 6) is 0. The maximum absolute atomic E-state index is 4.88. The Kier molecular flexibility index (Phi) is 2.92. The summed E-state index contributed by atoms with van der Waals surface area (Å²) in [6.45, 7) is 7.34. The highest BCUT2D eigenvalue weighted by atomic mass is 15.3. The van der Waals surface area contributed by atoms with Crippen LogP contribution in [0.5, 0.6) is 0 Å². The van der Waals surface area contributed by atoms with Gasteiger partial charge in [-0.2, -0.15) is 10.2 Å². The molecule has 114 valence electrons. The average molecular weight is 296 g/mol. The Labute approximate surface area is 129 Å². The molecule has 0 aromatic carbocycles. The molecule has 3 aromatic rings. The first-order valence-electron chi connectivity index (χ1n) is 7.80. The van der Waals surface area contributed by atoms with Crippen molar-refractivity contribution >= 4 is 0 Å². The van der Waals surface area contributed by atoms with Gasteiger partial charge in [0.05, 0.1) is 23.4 Å². The molecule has 4 rings (SSSR count). The van der Waals surface area contributed by atoms with E-state index in [-0.39, 0.29) is 0 Å². The van der Waals surface area contributed by atoms with Gasteiger partial charge in [-0.25, -0.2) is 4.98 Å². The average Bonchev–Trinajstić information content (AvgIpc) is 3.15. The number of nitrogens with one attached hydrogen (secondary N) is 1. The van der Waals surface area contributed by atoms with Crippen LogP contribution >= 0.6 is 0 Å². The van der Waals surface area contributed by atoms with Crippen LogP contribution in [0.4, 0.5) is 0 Å². The molecule has 6 heteroatoms. The van der Waals surface area contributed by atoms with E-state index in [2.05, 4.69) is 44.3 Å². The van der Waals surface area contributed by atoms with E-state index in [1.807, 2.05) is 13.1 Å².